The number of aromatic nitrogens is 2. The van der Waals surface area contributed by atoms with Gasteiger partial charge < -0.3 is 9.53 Å². The number of esters is 1. The van der Waals surface area contributed by atoms with Gasteiger partial charge in [0, 0.05) is 0 Å². The summed E-state index contributed by atoms with van der Waals surface area (Å²) in [7, 11) is 1.23. The van der Waals surface area contributed by atoms with E-state index in [2.05, 4.69) is 14.7 Å². The first-order valence-electron chi connectivity index (χ1n) is 4.12. The van der Waals surface area contributed by atoms with Gasteiger partial charge in [-0.15, -0.1) is 11.8 Å². The summed E-state index contributed by atoms with van der Waals surface area (Å²) in [6, 6.07) is 1.60. The average molecular weight is 226 g/mol. The van der Waals surface area contributed by atoms with Crippen molar-refractivity contribution in [3.63, 3.8) is 0 Å². The van der Waals surface area contributed by atoms with Gasteiger partial charge in [0.1, 0.15) is 12.6 Å². The van der Waals surface area contributed by atoms with Crippen LogP contribution >= 0.6 is 11.8 Å². The van der Waals surface area contributed by atoms with Crippen molar-refractivity contribution in [3.8, 4) is 0 Å². The van der Waals surface area contributed by atoms with Crippen LogP contribution in [0.4, 0.5) is 0 Å². The Hall–Kier alpha value is -1.43. The summed E-state index contributed by atoms with van der Waals surface area (Å²) in [5.41, 5.74) is 0.358. The smallest absolute Gasteiger partial charge is 0.322 e. The van der Waals surface area contributed by atoms with Crippen LogP contribution in [0.15, 0.2) is 17.4 Å². The molecule has 0 saturated carbocycles. The number of carbonyl (C=O) groups is 2. The minimum atomic E-state index is -0.969. The van der Waals surface area contributed by atoms with Gasteiger partial charge in [0.15, 0.2) is 5.92 Å². The number of methoxy groups -OCH3 is 1. The first-order chi connectivity index (χ1) is 7.22. The standard InChI is InChI=1S/C9H10N2O3S/c1-14-9(13)6(4-12)7-3-8(15-2)11-5-10-7/h3-6H,1-2H3. The lowest BCUT2D eigenvalue weighted by Crippen LogP contribution is -2.17. The molecule has 1 atom stereocenters. The number of ether oxygens (including phenoxy) is 1. The SMILES string of the molecule is COC(=O)C(C=O)c1cc(SC)ncn1. The van der Waals surface area contributed by atoms with E-state index in [1.807, 2.05) is 6.26 Å². The van der Waals surface area contributed by atoms with Crippen LogP contribution in [0.1, 0.15) is 11.6 Å². The molecule has 1 unspecified atom stereocenters. The number of nitrogens with zero attached hydrogens (tertiary/aromatic N) is 2. The Balaban J connectivity index is 3.01. The largest absolute Gasteiger partial charge is 0.468 e. The first-order valence-corrected chi connectivity index (χ1v) is 5.34. The summed E-state index contributed by atoms with van der Waals surface area (Å²) in [5.74, 6) is -1.58. The molecule has 0 N–H and O–H groups in total. The third-order valence-electron chi connectivity index (χ3n) is 1.78. The quantitative estimate of drug-likeness (QED) is 0.247. The van der Waals surface area contributed by atoms with E-state index in [1.165, 1.54) is 25.2 Å². The van der Waals surface area contributed by atoms with Gasteiger partial charge in [-0.1, -0.05) is 0 Å². The molecule has 6 heteroatoms. The fourth-order valence-corrected chi connectivity index (χ4v) is 1.40. The Kier molecular flexibility index (Phi) is 4.23. The molecule has 0 aliphatic heterocycles. The highest BCUT2D eigenvalue weighted by Gasteiger charge is 2.22. The second-order valence-corrected chi connectivity index (χ2v) is 3.45. The van der Waals surface area contributed by atoms with E-state index in [1.54, 1.807) is 6.07 Å². The molecule has 15 heavy (non-hydrogen) atoms. The zero-order valence-corrected chi connectivity index (χ0v) is 9.15. The molecule has 0 bridgehead atoms. The van der Waals surface area contributed by atoms with E-state index in [0.717, 1.165) is 0 Å². The Morgan fingerprint density at radius 2 is 2.33 bits per heavy atom. The number of aldehydes is 1. The lowest BCUT2D eigenvalue weighted by Gasteiger charge is -2.07. The predicted octanol–water partition coefficient (Wildman–Crippen LogP) is 0.654. The van der Waals surface area contributed by atoms with Gasteiger partial charge in [-0.2, -0.15) is 0 Å². The van der Waals surface area contributed by atoms with Crippen LogP contribution in [0.5, 0.6) is 0 Å². The average Bonchev–Trinajstić information content (AvgIpc) is 2.30. The van der Waals surface area contributed by atoms with Crippen LogP contribution in [0.25, 0.3) is 0 Å². The summed E-state index contributed by atoms with van der Waals surface area (Å²) < 4.78 is 4.49. The predicted molar refractivity (Wildman–Crippen MR) is 54.6 cm³/mol. The summed E-state index contributed by atoms with van der Waals surface area (Å²) in [5, 5.41) is 0.704. The molecule has 1 rings (SSSR count). The number of rotatable bonds is 4. The van der Waals surface area contributed by atoms with Gasteiger partial charge in [0.2, 0.25) is 0 Å². The number of carbonyl (C=O) groups excluding carboxylic acids is 2. The second kappa shape index (κ2) is 5.45. The molecule has 1 heterocycles. The summed E-state index contributed by atoms with van der Waals surface area (Å²) >= 11 is 1.41. The molecule has 0 radical (unpaired) electrons. The van der Waals surface area contributed by atoms with E-state index >= 15 is 0 Å². The van der Waals surface area contributed by atoms with Crippen LogP contribution in [0, 0.1) is 0 Å². The Morgan fingerprint density at radius 1 is 1.60 bits per heavy atom. The van der Waals surface area contributed by atoms with Crippen molar-refractivity contribution in [2.45, 2.75) is 10.9 Å². The van der Waals surface area contributed by atoms with Crippen molar-refractivity contribution in [2.24, 2.45) is 0 Å². The molecule has 0 aliphatic rings. The molecule has 0 spiro atoms. The molecule has 5 nitrogen and oxygen atoms in total. The summed E-state index contributed by atoms with van der Waals surface area (Å²) in [6.45, 7) is 0. The van der Waals surface area contributed by atoms with Gasteiger partial charge in [-0.3, -0.25) is 4.79 Å². The number of hydrogen-bond donors (Lipinski definition) is 0. The number of hydrogen-bond acceptors (Lipinski definition) is 6. The molecule has 0 amide bonds. The highest BCUT2D eigenvalue weighted by molar-refractivity contribution is 7.98. The molecule has 80 valence electrons. The van der Waals surface area contributed by atoms with Gasteiger partial charge in [-0.25, -0.2) is 9.97 Å². The van der Waals surface area contributed by atoms with E-state index in [0.29, 0.717) is 17.0 Å². The van der Waals surface area contributed by atoms with Crippen LogP contribution in [0.2, 0.25) is 0 Å². The van der Waals surface area contributed by atoms with Crippen LogP contribution in [0.3, 0.4) is 0 Å². The minimum absolute atomic E-state index is 0.358. The molecule has 1 aromatic rings. The molecule has 0 aromatic carbocycles. The highest BCUT2D eigenvalue weighted by Crippen LogP contribution is 2.17. The van der Waals surface area contributed by atoms with Crippen molar-refractivity contribution >= 4 is 24.0 Å². The van der Waals surface area contributed by atoms with Gasteiger partial charge in [-0.05, 0) is 12.3 Å². The van der Waals surface area contributed by atoms with Crippen molar-refractivity contribution in [1.29, 1.82) is 0 Å². The second-order valence-electron chi connectivity index (χ2n) is 2.62. The normalized spacial score (nSPS) is 11.9. The van der Waals surface area contributed by atoms with E-state index in [4.69, 9.17) is 0 Å². The number of thioether (sulfide) groups is 1. The van der Waals surface area contributed by atoms with Gasteiger partial charge >= 0.3 is 5.97 Å². The molecule has 1 aromatic heterocycles. The molecular weight excluding hydrogens is 216 g/mol. The third-order valence-corrected chi connectivity index (χ3v) is 2.42. The van der Waals surface area contributed by atoms with E-state index < -0.39 is 11.9 Å². The van der Waals surface area contributed by atoms with Crippen LogP contribution in [-0.2, 0) is 14.3 Å². The lowest BCUT2D eigenvalue weighted by atomic mass is 10.1. The molecular formula is C9H10N2O3S. The van der Waals surface area contributed by atoms with Gasteiger partial charge in [0.25, 0.3) is 0 Å². The van der Waals surface area contributed by atoms with E-state index in [9.17, 15) is 9.59 Å². The zero-order valence-electron chi connectivity index (χ0n) is 8.34. The maximum Gasteiger partial charge on any atom is 0.322 e. The van der Waals surface area contributed by atoms with Crippen molar-refractivity contribution in [2.75, 3.05) is 13.4 Å². The molecule has 0 aliphatic carbocycles. The fourth-order valence-electron chi connectivity index (χ4n) is 1.01. The van der Waals surface area contributed by atoms with Gasteiger partial charge in [0.05, 0.1) is 17.8 Å². The summed E-state index contributed by atoms with van der Waals surface area (Å²) in [6.07, 6.45) is 3.68. The fraction of sp³-hybridized carbons (Fsp3) is 0.333. The van der Waals surface area contributed by atoms with E-state index in [-0.39, 0.29) is 0 Å². The Labute approximate surface area is 91.3 Å². The summed E-state index contributed by atoms with van der Waals surface area (Å²) in [4.78, 5) is 29.8. The molecule has 0 saturated heterocycles. The Bertz CT molecular complexity index is 370. The van der Waals surface area contributed by atoms with Crippen molar-refractivity contribution in [3.05, 3.63) is 18.1 Å². The minimum Gasteiger partial charge on any atom is -0.468 e. The highest BCUT2D eigenvalue weighted by atomic mass is 32.2. The van der Waals surface area contributed by atoms with Crippen LogP contribution < -0.4 is 0 Å². The maximum atomic E-state index is 11.2. The zero-order chi connectivity index (χ0) is 11.3. The topological polar surface area (TPSA) is 69.2 Å². The third kappa shape index (κ3) is 2.76. The maximum absolute atomic E-state index is 11.2. The lowest BCUT2D eigenvalue weighted by molar-refractivity contribution is -0.143. The Morgan fingerprint density at radius 3 is 2.87 bits per heavy atom. The van der Waals surface area contributed by atoms with Crippen molar-refractivity contribution < 1.29 is 14.3 Å². The molecule has 0 fully saturated rings. The first kappa shape index (κ1) is 11.6. The monoisotopic (exact) mass is 226 g/mol. The van der Waals surface area contributed by atoms with Crippen LogP contribution in [-0.4, -0.2) is 35.6 Å². The van der Waals surface area contributed by atoms with Crippen molar-refractivity contribution in [1.82, 2.24) is 9.97 Å².